The summed E-state index contributed by atoms with van der Waals surface area (Å²) in [7, 11) is 0. The lowest BCUT2D eigenvalue weighted by molar-refractivity contribution is -0.143. The molecule has 4 rings (SSSR count). The smallest absolute Gasteiger partial charge is 0.248 e. The van der Waals surface area contributed by atoms with E-state index in [0.29, 0.717) is 37.6 Å². The highest BCUT2D eigenvalue weighted by Crippen LogP contribution is 2.26. The number of anilines is 1. The second kappa shape index (κ2) is 9.38. The number of amides is 3. The first-order valence-corrected chi connectivity index (χ1v) is 11.3. The number of carbonyl (C=O) groups is 3. The highest BCUT2D eigenvalue weighted by atomic mass is 32.1. The van der Waals surface area contributed by atoms with Gasteiger partial charge in [-0.15, -0.1) is 11.3 Å². The largest absolute Gasteiger partial charge is 0.342 e. The van der Waals surface area contributed by atoms with Gasteiger partial charge >= 0.3 is 0 Å². The van der Waals surface area contributed by atoms with Gasteiger partial charge in [0.1, 0.15) is 6.04 Å². The standard InChI is InChI=1S/C22H26N4O3S/c27-19(14-16-6-2-1-3-7-16)25-11-4-8-17(15-25)21(29)26-12-5-9-18(26)20(28)24-22-23-10-13-30-22/h1-3,6-7,10,13,17-18H,4-5,8-9,11-12,14-15H2,(H,23,24,28). The Labute approximate surface area is 180 Å². The van der Waals surface area contributed by atoms with Crippen molar-refractivity contribution in [1.29, 1.82) is 0 Å². The molecule has 2 aliphatic heterocycles. The Morgan fingerprint density at radius 3 is 2.67 bits per heavy atom. The molecule has 0 saturated carbocycles. The molecule has 3 heterocycles. The third-order valence-electron chi connectivity index (χ3n) is 5.82. The van der Waals surface area contributed by atoms with Gasteiger partial charge in [0.15, 0.2) is 5.13 Å². The lowest BCUT2D eigenvalue weighted by Crippen LogP contribution is -2.50. The van der Waals surface area contributed by atoms with Crippen LogP contribution in [-0.2, 0) is 20.8 Å². The summed E-state index contributed by atoms with van der Waals surface area (Å²) in [6, 6.07) is 9.21. The van der Waals surface area contributed by atoms with Crippen molar-refractivity contribution in [3.05, 3.63) is 47.5 Å². The molecule has 1 aromatic heterocycles. The Bertz CT molecular complexity index is 887. The molecule has 2 atom stereocenters. The van der Waals surface area contributed by atoms with Gasteiger partial charge in [0.25, 0.3) is 0 Å². The van der Waals surface area contributed by atoms with E-state index in [9.17, 15) is 14.4 Å². The number of hydrogen-bond acceptors (Lipinski definition) is 5. The molecule has 0 bridgehead atoms. The molecule has 7 nitrogen and oxygen atoms in total. The van der Waals surface area contributed by atoms with Gasteiger partial charge < -0.3 is 15.1 Å². The maximum atomic E-state index is 13.2. The minimum absolute atomic E-state index is 0.0102. The first kappa shape index (κ1) is 20.5. The molecule has 2 unspecified atom stereocenters. The minimum atomic E-state index is -0.461. The van der Waals surface area contributed by atoms with Crippen LogP contribution in [0.2, 0.25) is 0 Å². The fourth-order valence-electron chi connectivity index (χ4n) is 4.30. The van der Waals surface area contributed by atoms with E-state index in [4.69, 9.17) is 0 Å². The average Bonchev–Trinajstić information content (AvgIpc) is 3.46. The second-order valence-electron chi connectivity index (χ2n) is 7.86. The van der Waals surface area contributed by atoms with Crippen LogP contribution in [0.15, 0.2) is 41.9 Å². The fraction of sp³-hybridized carbons (Fsp3) is 0.455. The number of hydrogen-bond donors (Lipinski definition) is 1. The van der Waals surface area contributed by atoms with E-state index in [0.717, 1.165) is 24.8 Å². The van der Waals surface area contributed by atoms with Crippen molar-refractivity contribution in [3.63, 3.8) is 0 Å². The zero-order valence-electron chi connectivity index (χ0n) is 16.8. The third-order valence-corrected chi connectivity index (χ3v) is 6.51. The maximum absolute atomic E-state index is 13.2. The molecule has 158 valence electrons. The summed E-state index contributed by atoms with van der Waals surface area (Å²) in [5.74, 6) is -0.377. The van der Waals surface area contributed by atoms with Crippen LogP contribution in [0.1, 0.15) is 31.2 Å². The molecule has 30 heavy (non-hydrogen) atoms. The number of carbonyl (C=O) groups excluding carboxylic acids is 3. The van der Waals surface area contributed by atoms with Gasteiger partial charge in [-0.1, -0.05) is 30.3 Å². The number of piperidine rings is 1. The Morgan fingerprint density at radius 2 is 1.90 bits per heavy atom. The van der Waals surface area contributed by atoms with Crippen LogP contribution in [0.25, 0.3) is 0 Å². The van der Waals surface area contributed by atoms with Gasteiger partial charge in [-0.25, -0.2) is 4.98 Å². The zero-order valence-corrected chi connectivity index (χ0v) is 17.6. The number of rotatable bonds is 5. The van der Waals surface area contributed by atoms with Crippen molar-refractivity contribution in [1.82, 2.24) is 14.8 Å². The highest BCUT2D eigenvalue weighted by Gasteiger charge is 2.39. The number of likely N-dealkylation sites (tertiary alicyclic amines) is 2. The van der Waals surface area contributed by atoms with Crippen LogP contribution in [0, 0.1) is 5.92 Å². The zero-order chi connectivity index (χ0) is 20.9. The summed E-state index contributed by atoms with van der Waals surface area (Å²) in [6.45, 7) is 1.70. The first-order chi connectivity index (χ1) is 14.6. The quantitative estimate of drug-likeness (QED) is 0.797. The van der Waals surface area contributed by atoms with Crippen LogP contribution in [0.5, 0.6) is 0 Å². The van der Waals surface area contributed by atoms with Gasteiger partial charge in [-0.2, -0.15) is 0 Å². The van der Waals surface area contributed by atoms with E-state index in [2.05, 4.69) is 10.3 Å². The normalized spacial score (nSPS) is 21.5. The van der Waals surface area contributed by atoms with Crippen molar-refractivity contribution >= 4 is 34.2 Å². The molecular formula is C22H26N4O3S. The molecule has 1 N–H and O–H groups in total. The van der Waals surface area contributed by atoms with Gasteiger partial charge in [-0.05, 0) is 31.2 Å². The first-order valence-electron chi connectivity index (χ1n) is 10.4. The van der Waals surface area contributed by atoms with Crippen molar-refractivity contribution < 1.29 is 14.4 Å². The van der Waals surface area contributed by atoms with Crippen molar-refractivity contribution in [2.24, 2.45) is 5.92 Å². The van der Waals surface area contributed by atoms with Crippen LogP contribution < -0.4 is 5.32 Å². The molecule has 2 aromatic rings. The fourth-order valence-corrected chi connectivity index (χ4v) is 4.83. The van der Waals surface area contributed by atoms with E-state index < -0.39 is 6.04 Å². The van der Waals surface area contributed by atoms with E-state index in [1.54, 1.807) is 21.4 Å². The Balaban J connectivity index is 1.37. The molecule has 0 spiro atoms. The van der Waals surface area contributed by atoms with Gasteiger partial charge in [-0.3, -0.25) is 14.4 Å². The Morgan fingerprint density at radius 1 is 1.10 bits per heavy atom. The molecule has 0 radical (unpaired) electrons. The molecule has 0 aliphatic carbocycles. The monoisotopic (exact) mass is 426 g/mol. The lowest BCUT2D eigenvalue weighted by Gasteiger charge is -2.35. The van der Waals surface area contributed by atoms with Crippen molar-refractivity contribution in [3.8, 4) is 0 Å². The van der Waals surface area contributed by atoms with E-state index in [-0.39, 0.29) is 23.6 Å². The number of aromatic nitrogens is 1. The Kier molecular flexibility index (Phi) is 6.42. The molecule has 2 saturated heterocycles. The predicted octanol–water partition coefficient (Wildman–Crippen LogP) is 2.55. The van der Waals surface area contributed by atoms with E-state index in [1.807, 2.05) is 30.3 Å². The summed E-state index contributed by atoms with van der Waals surface area (Å²) in [4.78, 5) is 46.3. The summed E-state index contributed by atoms with van der Waals surface area (Å²) < 4.78 is 0. The topological polar surface area (TPSA) is 82.6 Å². The van der Waals surface area contributed by atoms with E-state index >= 15 is 0 Å². The van der Waals surface area contributed by atoms with Gasteiger partial charge in [0.05, 0.1) is 12.3 Å². The molecular weight excluding hydrogens is 400 g/mol. The highest BCUT2D eigenvalue weighted by molar-refractivity contribution is 7.13. The molecule has 8 heteroatoms. The number of nitrogens with one attached hydrogen (secondary N) is 1. The molecule has 1 aromatic carbocycles. The lowest BCUT2D eigenvalue weighted by atomic mass is 9.95. The predicted molar refractivity (Wildman–Crippen MR) is 115 cm³/mol. The number of thiazole rings is 1. The summed E-state index contributed by atoms with van der Waals surface area (Å²) >= 11 is 1.36. The van der Waals surface area contributed by atoms with Crippen LogP contribution >= 0.6 is 11.3 Å². The third kappa shape index (κ3) is 4.70. The molecule has 3 amide bonds. The van der Waals surface area contributed by atoms with Gasteiger partial charge in [0, 0.05) is 31.2 Å². The van der Waals surface area contributed by atoms with E-state index in [1.165, 1.54) is 11.3 Å². The van der Waals surface area contributed by atoms with Gasteiger partial charge in [0.2, 0.25) is 17.7 Å². The van der Waals surface area contributed by atoms with Crippen molar-refractivity contribution in [2.45, 2.75) is 38.1 Å². The summed E-state index contributed by atoms with van der Waals surface area (Å²) in [6.07, 6.45) is 5.02. The SMILES string of the molecule is O=C(Nc1nccs1)C1CCCN1C(=O)C1CCCN(C(=O)Cc2ccccc2)C1. The van der Waals surface area contributed by atoms with Crippen LogP contribution in [0.4, 0.5) is 5.13 Å². The second-order valence-corrected chi connectivity index (χ2v) is 8.75. The van der Waals surface area contributed by atoms with Crippen LogP contribution in [0.3, 0.4) is 0 Å². The molecule has 2 aliphatic rings. The Hall–Kier alpha value is -2.74. The van der Waals surface area contributed by atoms with Crippen LogP contribution in [-0.4, -0.2) is 58.2 Å². The molecule has 2 fully saturated rings. The number of benzene rings is 1. The summed E-state index contributed by atoms with van der Waals surface area (Å²) in [5.41, 5.74) is 0.981. The minimum Gasteiger partial charge on any atom is -0.342 e. The average molecular weight is 427 g/mol. The maximum Gasteiger partial charge on any atom is 0.248 e. The number of nitrogens with zero attached hydrogens (tertiary/aromatic N) is 3. The summed E-state index contributed by atoms with van der Waals surface area (Å²) in [5, 5.41) is 5.17. The van der Waals surface area contributed by atoms with Crippen molar-refractivity contribution in [2.75, 3.05) is 25.0 Å².